The molecule has 0 aromatic rings. The maximum absolute atomic E-state index is 12.9. The second-order valence-electron chi connectivity index (χ2n) is 9.04. The molecule has 0 saturated carbocycles. The highest BCUT2D eigenvalue weighted by Gasteiger charge is 2.36. The van der Waals surface area contributed by atoms with Gasteiger partial charge in [-0.05, 0) is 54.4 Å². The van der Waals surface area contributed by atoms with Crippen molar-refractivity contribution >= 4 is 17.9 Å². The zero-order valence-corrected chi connectivity index (χ0v) is 20.5. The maximum Gasteiger partial charge on any atom is 0.475 e. The van der Waals surface area contributed by atoms with Crippen molar-refractivity contribution in [3.8, 4) is 0 Å². The molecule has 28 heavy (non-hydrogen) atoms. The molecule has 0 aromatic carbocycles. The van der Waals surface area contributed by atoms with E-state index in [1.54, 1.807) is 0 Å². The van der Waals surface area contributed by atoms with Crippen LogP contribution >= 0.6 is 7.82 Å². The highest BCUT2D eigenvalue weighted by atomic mass is 32.2. The van der Waals surface area contributed by atoms with Crippen molar-refractivity contribution in [2.45, 2.75) is 104 Å². The number of phosphoric acid groups is 1. The molecule has 0 N–H and O–H groups in total. The monoisotopic (exact) mass is 444 g/mol. The van der Waals surface area contributed by atoms with Crippen molar-refractivity contribution in [2.75, 3.05) is 19.5 Å². The summed E-state index contributed by atoms with van der Waals surface area (Å²) in [6.07, 6.45) is 8.95. The quantitative estimate of drug-likeness (QED) is 0.178. The van der Waals surface area contributed by atoms with E-state index >= 15 is 0 Å². The van der Waals surface area contributed by atoms with Gasteiger partial charge in [-0.25, -0.2) is 4.57 Å². The fraction of sp³-hybridized carbons (Fsp3) is 1.00. The first-order valence-corrected chi connectivity index (χ1v) is 13.4. The third-order valence-electron chi connectivity index (χ3n) is 3.36. The van der Waals surface area contributed by atoms with Gasteiger partial charge in [-0.1, -0.05) is 38.5 Å². The molecule has 9 heteroatoms. The third-order valence-corrected chi connectivity index (χ3v) is 5.99. The Labute approximate surface area is 172 Å². The van der Waals surface area contributed by atoms with Gasteiger partial charge in [0, 0.05) is 0 Å². The van der Waals surface area contributed by atoms with Crippen LogP contribution in [0, 0.1) is 0 Å². The molecule has 0 amide bonds. The highest BCUT2D eigenvalue weighted by molar-refractivity contribution is 7.85. The van der Waals surface area contributed by atoms with E-state index in [-0.39, 0.29) is 6.61 Å². The van der Waals surface area contributed by atoms with E-state index in [4.69, 9.17) is 17.8 Å². The lowest BCUT2D eigenvalue weighted by Crippen LogP contribution is -2.24. The predicted molar refractivity (Wildman–Crippen MR) is 113 cm³/mol. The van der Waals surface area contributed by atoms with Gasteiger partial charge in [0.2, 0.25) is 0 Å². The molecule has 7 nitrogen and oxygen atoms in total. The lowest BCUT2D eigenvalue weighted by atomic mass is 10.1. The Bertz CT molecular complexity index is 542. The molecule has 0 aliphatic carbocycles. The largest absolute Gasteiger partial charge is 0.475 e. The van der Waals surface area contributed by atoms with Crippen molar-refractivity contribution in [1.82, 2.24) is 0 Å². The van der Waals surface area contributed by atoms with Crippen LogP contribution < -0.4 is 0 Å². The minimum Gasteiger partial charge on any atom is -0.287 e. The number of unbranched alkanes of at least 4 members (excludes halogenated alkanes) is 7. The predicted octanol–water partition coefficient (Wildman–Crippen LogP) is 5.84. The summed E-state index contributed by atoms with van der Waals surface area (Å²) >= 11 is 0. The van der Waals surface area contributed by atoms with Gasteiger partial charge in [0.1, 0.15) is 0 Å². The number of rotatable bonds is 15. The molecule has 0 rings (SSSR count). The first-order valence-electron chi connectivity index (χ1n) is 10.1. The molecule has 0 fully saturated rings. The molecule has 0 heterocycles. The normalized spacial score (nSPS) is 13.8. The van der Waals surface area contributed by atoms with Gasteiger partial charge in [-0.2, -0.15) is 8.42 Å². The Morgan fingerprint density at radius 1 is 0.679 bits per heavy atom. The van der Waals surface area contributed by atoms with E-state index in [9.17, 15) is 13.0 Å². The topological polar surface area (TPSA) is 88.1 Å². The van der Waals surface area contributed by atoms with Crippen LogP contribution in [0.15, 0.2) is 0 Å². The van der Waals surface area contributed by atoms with Crippen molar-refractivity contribution in [3.63, 3.8) is 0 Å². The Kier molecular flexibility index (Phi) is 12.7. The summed E-state index contributed by atoms with van der Waals surface area (Å²) in [5.74, 6) is 0. The van der Waals surface area contributed by atoms with Crippen molar-refractivity contribution in [2.24, 2.45) is 0 Å². The summed E-state index contributed by atoms with van der Waals surface area (Å²) in [5.41, 5.74) is -1.24. The molecular weight excluding hydrogens is 403 g/mol. The van der Waals surface area contributed by atoms with Crippen LogP contribution in [0.1, 0.15) is 92.9 Å². The van der Waals surface area contributed by atoms with Crippen LogP contribution in [0.3, 0.4) is 0 Å². The van der Waals surface area contributed by atoms with E-state index in [2.05, 4.69) is 0 Å². The van der Waals surface area contributed by atoms with E-state index in [0.29, 0.717) is 6.61 Å². The Hall–Kier alpha value is 0.0200. The van der Waals surface area contributed by atoms with Gasteiger partial charge < -0.3 is 0 Å². The van der Waals surface area contributed by atoms with E-state index in [0.717, 1.165) is 57.6 Å². The molecular formula is C19H41O7PS. The van der Waals surface area contributed by atoms with Gasteiger partial charge in [0.15, 0.2) is 0 Å². The molecule has 0 aliphatic heterocycles. The summed E-state index contributed by atoms with van der Waals surface area (Å²) < 4.78 is 55.9. The van der Waals surface area contributed by atoms with Crippen LogP contribution in [-0.2, 0) is 32.4 Å². The average Bonchev–Trinajstić information content (AvgIpc) is 2.43. The molecule has 0 saturated heterocycles. The van der Waals surface area contributed by atoms with Gasteiger partial charge in [-0.3, -0.25) is 17.8 Å². The molecule has 0 bridgehead atoms. The summed E-state index contributed by atoms with van der Waals surface area (Å²) in [6, 6.07) is 0. The smallest absolute Gasteiger partial charge is 0.287 e. The summed E-state index contributed by atoms with van der Waals surface area (Å²) in [7, 11) is -6.92. The second kappa shape index (κ2) is 12.7. The molecule has 0 aromatic heterocycles. The lowest BCUT2D eigenvalue weighted by molar-refractivity contribution is 0.00297. The number of hydrogen-bond acceptors (Lipinski definition) is 7. The van der Waals surface area contributed by atoms with Gasteiger partial charge in [0.05, 0.1) is 30.7 Å². The average molecular weight is 445 g/mol. The molecule has 0 atom stereocenters. The van der Waals surface area contributed by atoms with E-state index in [1.807, 2.05) is 41.5 Å². The fourth-order valence-corrected chi connectivity index (χ4v) is 4.65. The highest BCUT2D eigenvalue weighted by Crippen LogP contribution is 2.55. The van der Waals surface area contributed by atoms with Crippen LogP contribution in [0.5, 0.6) is 0 Å². The van der Waals surface area contributed by atoms with Crippen LogP contribution in [0.2, 0.25) is 0 Å². The summed E-state index contributed by atoms with van der Waals surface area (Å²) in [5, 5.41) is 0. The summed E-state index contributed by atoms with van der Waals surface area (Å²) in [6.45, 7) is 11.5. The van der Waals surface area contributed by atoms with E-state index in [1.165, 1.54) is 0 Å². The Balaban J connectivity index is 3.87. The van der Waals surface area contributed by atoms with Crippen molar-refractivity contribution in [3.05, 3.63) is 0 Å². The first kappa shape index (κ1) is 28.0. The Morgan fingerprint density at radius 3 is 1.39 bits per heavy atom. The number of hydrogen-bond donors (Lipinski definition) is 0. The van der Waals surface area contributed by atoms with Gasteiger partial charge in [0.25, 0.3) is 10.1 Å². The summed E-state index contributed by atoms with van der Waals surface area (Å²) in [4.78, 5) is 0. The maximum atomic E-state index is 12.9. The molecule has 0 aliphatic rings. The zero-order valence-electron chi connectivity index (χ0n) is 18.8. The third kappa shape index (κ3) is 19.3. The minimum absolute atomic E-state index is 0.267. The number of phosphoric ester groups is 1. The Morgan fingerprint density at radius 2 is 1.04 bits per heavy atom. The van der Waals surface area contributed by atoms with Crippen LogP contribution in [0.4, 0.5) is 0 Å². The minimum atomic E-state index is -3.61. The molecule has 170 valence electrons. The van der Waals surface area contributed by atoms with Gasteiger partial charge >= 0.3 is 7.82 Å². The SMILES string of the molecule is CC(C)(C)OP(=O)(OCCCCCCCCCCOS(C)(=O)=O)OC(C)(C)C. The second-order valence-corrected chi connectivity index (χ2v) is 12.2. The molecule has 0 radical (unpaired) electrons. The fourth-order valence-electron chi connectivity index (χ4n) is 2.39. The van der Waals surface area contributed by atoms with Gasteiger partial charge in [-0.15, -0.1) is 0 Å². The van der Waals surface area contributed by atoms with Crippen molar-refractivity contribution < 1.29 is 30.7 Å². The van der Waals surface area contributed by atoms with Crippen molar-refractivity contribution in [1.29, 1.82) is 0 Å². The van der Waals surface area contributed by atoms with E-state index < -0.39 is 29.1 Å². The molecule has 0 spiro atoms. The standard InChI is InChI=1S/C19H41O7PS/c1-18(2,3)25-27(20,26-19(4,5)6)23-16-14-12-10-8-9-11-13-15-17-24-28(7,21)22/h8-17H2,1-7H3. The van der Waals surface area contributed by atoms with Crippen LogP contribution in [0.25, 0.3) is 0 Å². The lowest BCUT2D eigenvalue weighted by Gasteiger charge is -2.30. The zero-order chi connectivity index (χ0) is 21.9. The van der Waals surface area contributed by atoms with Crippen LogP contribution in [-0.4, -0.2) is 39.1 Å². The first-order chi connectivity index (χ1) is 12.6. The molecule has 0 unspecified atom stereocenters.